The summed E-state index contributed by atoms with van der Waals surface area (Å²) in [6.45, 7) is 0. The predicted molar refractivity (Wildman–Crippen MR) is 234 cm³/mol. The molecule has 0 amide bonds. The minimum absolute atomic E-state index is 0.505. The minimum Gasteiger partial charge on any atom is -0.310 e. The molecule has 0 unspecified atom stereocenters. The van der Waals surface area contributed by atoms with Gasteiger partial charge in [-0.3, -0.25) is 0 Å². The first-order valence-electron chi connectivity index (χ1n) is 19.4. The van der Waals surface area contributed by atoms with Crippen molar-refractivity contribution in [3.05, 3.63) is 247 Å². The molecular weight excluding hydrogens is 675 g/mol. The van der Waals surface area contributed by atoms with Gasteiger partial charge >= 0.3 is 0 Å². The fraction of sp³-hybridized carbons (Fsp3) is 0.0182. The van der Waals surface area contributed by atoms with Crippen molar-refractivity contribution in [3.8, 4) is 55.6 Å². The van der Waals surface area contributed by atoms with Gasteiger partial charge in [0.1, 0.15) is 0 Å². The number of benzene rings is 9. The SMILES string of the molecule is c1ccc(-c2ccc(N(c3ccccc3-c3ccccc3-c3ccccc3)c3cccc4c3C3(c5ccccc5-c5ccccc53)c3ccccc3-4)cc2)cc1. The molecular formula is C55H37N. The van der Waals surface area contributed by atoms with Gasteiger partial charge in [-0.05, 0) is 91.0 Å². The van der Waals surface area contributed by atoms with E-state index < -0.39 is 5.41 Å². The Hall–Kier alpha value is -7.22. The highest BCUT2D eigenvalue weighted by Crippen LogP contribution is 2.65. The van der Waals surface area contributed by atoms with Crippen molar-refractivity contribution in [3.63, 3.8) is 0 Å². The number of fused-ring (bicyclic) bond motifs is 10. The Morgan fingerprint density at radius 2 is 0.661 bits per heavy atom. The lowest BCUT2D eigenvalue weighted by molar-refractivity contribution is 0.793. The maximum Gasteiger partial charge on any atom is 0.0746 e. The van der Waals surface area contributed by atoms with Crippen LogP contribution in [0.1, 0.15) is 22.3 Å². The zero-order valence-electron chi connectivity index (χ0n) is 30.8. The van der Waals surface area contributed by atoms with E-state index in [1.807, 2.05) is 0 Å². The molecule has 11 rings (SSSR count). The smallest absolute Gasteiger partial charge is 0.0746 e. The summed E-state index contributed by atoms with van der Waals surface area (Å²) in [5.41, 5.74) is 20.6. The van der Waals surface area contributed by atoms with Gasteiger partial charge in [0.05, 0.1) is 16.8 Å². The Morgan fingerprint density at radius 1 is 0.250 bits per heavy atom. The van der Waals surface area contributed by atoms with Crippen LogP contribution in [0.3, 0.4) is 0 Å². The zero-order chi connectivity index (χ0) is 37.1. The van der Waals surface area contributed by atoms with Crippen LogP contribution in [0, 0.1) is 0 Å². The van der Waals surface area contributed by atoms with Gasteiger partial charge < -0.3 is 4.90 Å². The second-order valence-corrected chi connectivity index (χ2v) is 14.8. The Kier molecular flexibility index (Phi) is 7.47. The van der Waals surface area contributed by atoms with Crippen molar-refractivity contribution in [1.82, 2.24) is 0 Å². The fourth-order valence-corrected chi connectivity index (χ4v) is 9.64. The van der Waals surface area contributed by atoms with Crippen LogP contribution in [0.5, 0.6) is 0 Å². The molecule has 2 aliphatic carbocycles. The van der Waals surface area contributed by atoms with Crippen molar-refractivity contribution in [2.75, 3.05) is 4.90 Å². The predicted octanol–water partition coefficient (Wildman–Crippen LogP) is 14.5. The van der Waals surface area contributed by atoms with Crippen LogP contribution >= 0.6 is 0 Å². The summed E-state index contributed by atoms with van der Waals surface area (Å²) in [6, 6.07) is 82.5. The zero-order valence-corrected chi connectivity index (χ0v) is 30.8. The summed E-state index contributed by atoms with van der Waals surface area (Å²) >= 11 is 0. The minimum atomic E-state index is -0.505. The van der Waals surface area contributed by atoms with Gasteiger partial charge in [-0.1, -0.05) is 200 Å². The lowest BCUT2D eigenvalue weighted by Crippen LogP contribution is -2.28. The molecule has 1 spiro atoms. The molecule has 0 bridgehead atoms. The average molecular weight is 712 g/mol. The van der Waals surface area contributed by atoms with Gasteiger partial charge in [0, 0.05) is 16.8 Å². The van der Waals surface area contributed by atoms with Crippen molar-refractivity contribution < 1.29 is 0 Å². The standard InChI is InChI=1S/C55H37N/c1-3-18-38(19-4-1)39-34-36-41(37-35-39)56(52-32-16-12-27-47(52)43-23-8-7-22-42(43)40-20-5-2-6-21-40)53-33-17-28-48-46-26-11-15-31-51(46)55(54(48)53)49-29-13-9-24-44(49)45-25-10-14-30-50(45)55/h1-37H. The summed E-state index contributed by atoms with van der Waals surface area (Å²) in [5.74, 6) is 0. The number of hydrogen-bond donors (Lipinski definition) is 0. The van der Waals surface area contributed by atoms with Gasteiger partial charge in [-0.2, -0.15) is 0 Å². The third kappa shape index (κ3) is 4.74. The first kappa shape index (κ1) is 32.2. The number of rotatable bonds is 6. The molecule has 9 aromatic carbocycles. The molecule has 0 heterocycles. The van der Waals surface area contributed by atoms with E-state index in [4.69, 9.17) is 0 Å². The van der Waals surface area contributed by atoms with Crippen LogP contribution in [-0.2, 0) is 5.41 Å². The van der Waals surface area contributed by atoms with Gasteiger partial charge in [0.2, 0.25) is 0 Å². The normalized spacial score (nSPS) is 12.8. The lowest BCUT2D eigenvalue weighted by Gasteiger charge is -2.36. The number of anilines is 3. The Bertz CT molecular complexity index is 2840. The summed E-state index contributed by atoms with van der Waals surface area (Å²) < 4.78 is 0. The summed E-state index contributed by atoms with van der Waals surface area (Å²) in [5, 5.41) is 0. The molecule has 0 fully saturated rings. The molecule has 0 aromatic heterocycles. The molecule has 2 aliphatic rings. The van der Waals surface area contributed by atoms with Gasteiger partial charge in [0.25, 0.3) is 0 Å². The molecule has 262 valence electrons. The second-order valence-electron chi connectivity index (χ2n) is 14.8. The molecule has 0 radical (unpaired) electrons. The first-order chi connectivity index (χ1) is 27.8. The number of para-hydroxylation sites is 1. The largest absolute Gasteiger partial charge is 0.310 e. The van der Waals surface area contributed by atoms with E-state index in [0.717, 1.165) is 11.4 Å². The molecule has 0 N–H and O–H groups in total. The Morgan fingerprint density at radius 3 is 1.27 bits per heavy atom. The van der Waals surface area contributed by atoms with Crippen molar-refractivity contribution in [1.29, 1.82) is 0 Å². The third-order valence-corrected chi connectivity index (χ3v) is 11.9. The summed E-state index contributed by atoms with van der Waals surface area (Å²) in [4.78, 5) is 2.53. The Balaban J connectivity index is 1.22. The monoisotopic (exact) mass is 711 g/mol. The average Bonchev–Trinajstić information content (AvgIpc) is 3.75. The summed E-state index contributed by atoms with van der Waals surface area (Å²) in [7, 11) is 0. The van der Waals surface area contributed by atoms with E-state index in [0.29, 0.717) is 0 Å². The van der Waals surface area contributed by atoms with E-state index in [1.165, 1.54) is 83.6 Å². The lowest BCUT2D eigenvalue weighted by atomic mass is 9.70. The maximum absolute atomic E-state index is 2.53. The highest BCUT2D eigenvalue weighted by atomic mass is 15.1. The Labute approximate surface area is 328 Å². The quantitative estimate of drug-likeness (QED) is 0.166. The molecule has 0 saturated carbocycles. The number of nitrogens with zero attached hydrogens (tertiary/aromatic N) is 1. The van der Waals surface area contributed by atoms with Gasteiger partial charge in [-0.25, -0.2) is 0 Å². The summed E-state index contributed by atoms with van der Waals surface area (Å²) in [6.07, 6.45) is 0. The van der Waals surface area contributed by atoms with Crippen LogP contribution in [0.15, 0.2) is 224 Å². The molecule has 0 saturated heterocycles. The van der Waals surface area contributed by atoms with E-state index in [2.05, 4.69) is 229 Å². The van der Waals surface area contributed by atoms with Gasteiger partial charge in [0.15, 0.2) is 0 Å². The van der Waals surface area contributed by atoms with Crippen molar-refractivity contribution >= 4 is 17.1 Å². The topological polar surface area (TPSA) is 3.24 Å². The van der Waals surface area contributed by atoms with E-state index in [1.54, 1.807) is 0 Å². The molecule has 1 nitrogen and oxygen atoms in total. The van der Waals surface area contributed by atoms with Crippen LogP contribution in [0.4, 0.5) is 17.1 Å². The third-order valence-electron chi connectivity index (χ3n) is 11.9. The molecule has 56 heavy (non-hydrogen) atoms. The van der Waals surface area contributed by atoms with E-state index >= 15 is 0 Å². The highest BCUT2D eigenvalue weighted by Gasteiger charge is 2.53. The number of hydrogen-bond acceptors (Lipinski definition) is 1. The first-order valence-corrected chi connectivity index (χ1v) is 19.4. The molecule has 9 aromatic rings. The van der Waals surface area contributed by atoms with E-state index in [9.17, 15) is 0 Å². The van der Waals surface area contributed by atoms with Crippen LogP contribution in [0.25, 0.3) is 55.6 Å². The second kappa shape index (κ2) is 13.0. The van der Waals surface area contributed by atoms with Crippen LogP contribution in [0.2, 0.25) is 0 Å². The van der Waals surface area contributed by atoms with Crippen molar-refractivity contribution in [2.45, 2.75) is 5.41 Å². The fourth-order valence-electron chi connectivity index (χ4n) is 9.64. The van der Waals surface area contributed by atoms with E-state index in [-0.39, 0.29) is 0 Å². The van der Waals surface area contributed by atoms with Gasteiger partial charge in [-0.15, -0.1) is 0 Å². The maximum atomic E-state index is 2.53. The molecule has 1 heteroatoms. The molecule has 0 aliphatic heterocycles. The molecule has 0 atom stereocenters. The van der Waals surface area contributed by atoms with Crippen LogP contribution < -0.4 is 4.90 Å². The van der Waals surface area contributed by atoms with Crippen LogP contribution in [-0.4, -0.2) is 0 Å². The van der Waals surface area contributed by atoms with Crippen molar-refractivity contribution in [2.24, 2.45) is 0 Å². The highest BCUT2D eigenvalue weighted by molar-refractivity contribution is 6.01.